The molecule has 0 amide bonds. The smallest absolute Gasteiger partial charge is 0.245 e. The van der Waals surface area contributed by atoms with Crippen LogP contribution in [0.5, 0.6) is 0 Å². The molecule has 1 aromatic rings. The average molecular weight is 255 g/mol. The maximum Gasteiger partial charge on any atom is 0.245 e. The van der Waals surface area contributed by atoms with Crippen LogP contribution >= 0.6 is 0 Å². The summed E-state index contributed by atoms with van der Waals surface area (Å²) in [6.45, 7) is 7.86. The number of nitrogens with one attached hydrogen (secondary N) is 1. The molecule has 0 aliphatic rings. The number of nitrogens with two attached hydrogens (primary N) is 1. The van der Waals surface area contributed by atoms with Gasteiger partial charge in [-0.3, -0.25) is 0 Å². The van der Waals surface area contributed by atoms with Gasteiger partial charge in [0.2, 0.25) is 10.0 Å². The van der Waals surface area contributed by atoms with Crippen molar-refractivity contribution in [1.82, 2.24) is 9.29 Å². The first-order valence-corrected chi connectivity index (χ1v) is 6.59. The predicted molar refractivity (Wildman–Crippen MR) is 67.8 cm³/mol. The maximum atomic E-state index is 12.2. The fraction of sp³-hybridized carbons (Fsp3) is 0.273. The zero-order valence-corrected chi connectivity index (χ0v) is 10.4. The molecule has 0 unspecified atom stereocenters. The molecule has 0 spiro atoms. The van der Waals surface area contributed by atoms with E-state index in [1.807, 2.05) is 0 Å². The summed E-state index contributed by atoms with van der Waals surface area (Å²) in [4.78, 5) is 3.03. The lowest BCUT2D eigenvalue weighted by Gasteiger charge is -2.17. The Balaban J connectivity index is 3.05. The van der Waals surface area contributed by atoms with Crippen molar-refractivity contribution < 1.29 is 8.42 Å². The molecule has 94 valence electrons. The number of sulfonamides is 1. The Hall–Kier alpha value is -1.37. The van der Waals surface area contributed by atoms with Crippen molar-refractivity contribution in [3.05, 3.63) is 43.3 Å². The normalized spacial score (nSPS) is 11.6. The highest BCUT2D eigenvalue weighted by Gasteiger charge is 2.23. The lowest BCUT2D eigenvalue weighted by atomic mass is 10.4. The fourth-order valence-corrected chi connectivity index (χ4v) is 2.79. The van der Waals surface area contributed by atoms with Crippen LogP contribution in [-0.4, -0.2) is 30.8 Å². The number of rotatable bonds is 7. The van der Waals surface area contributed by atoms with Gasteiger partial charge >= 0.3 is 0 Å². The van der Waals surface area contributed by atoms with E-state index in [9.17, 15) is 8.42 Å². The van der Waals surface area contributed by atoms with Gasteiger partial charge in [-0.05, 0) is 6.07 Å². The van der Waals surface area contributed by atoms with Gasteiger partial charge in [0.05, 0.1) is 4.90 Å². The van der Waals surface area contributed by atoms with E-state index in [4.69, 9.17) is 5.73 Å². The lowest BCUT2D eigenvalue weighted by molar-refractivity contribution is 0.474. The molecule has 0 bridgehead atoms. The molecule has 0 aromatic carbocycles. The molecule has 3 N–H and O–H groups in total. The molecule has 0 saturated heterocycles. The van der Waals surface area contributed by atoms with Crippen molar-refractivity contribution in [2.45, 2.75) is 11.4 Å². The Morgan fingerprint density at radius 1 is 1.35 bits per heavy atom. The highest BCUT2D eigenvalue weighted by Crippen LogP contribution is 2.16. The summed E-state index contributed by atoms with van der Waals surface area (Å²) in [6.07, 6.45) is 4.52. The van der Waals surface area contributed by atoms with Gasteiger partial charge in [0, 0.05) is 31.5 Å². The summed E-state index contributed by atoms with van der Waals surface area (Å²) >= 11 is 0. The van der Waals surface area contributed by atoms with Crippen LogP contribution in [-0.2, 0) is 16.6 Å². The molecule has 1 heterocycles. The summed E-state index contributed by atoms with van der Waals surface area (Å²) < 4.78 is 25.7. The van der Waals surface area contributed by atoms with Crippen LogP contribution in [0, 0.1) is 0 Å². The third-order valence-corrected chi connectivity index (χ3v) is 4.05. The highest BCUT2D eigenvalue weighted by atomic mass is 32.2. The van der Waals surface area contributed by atoms with Gasteiger partial charge in [0.1, 0.15) is 0 Å². The summed E-state index contributed by atoms with van der Waals surface area (Å²) in [7, 11) is -3.51. The first kappa shape index (κ1) is 13.7. The Labute approximate surface area is 102 Å². The van der Waals surface area contributed by atoms with Crippen LogP contribution in [0.15, 0.2) is 42.5 Å². The summed E-state index contributed by atoms with van der Waals surface area (Å²) in [5.74, 6) is 0. The molecule has 0 aliphatic heterocycles. The first-order valence-electron chi connectivity index (χ1n) is 5.15. The third-order valence-electron chi connectivity index (χ3n) is 2.24. The number of nitrogens with zero attached hydrogens (tertiary/aromatic N) is 1. The standard InChI is InChI=1S/C11H17N3O2S/c1-3-5-14(6-4-2)17(15,16)11-7-10(8-12)13-9-11/h3-4,7,9,13H,1-2,5-6,8,12H2. The minimum absolute atomic E-state index is 0.210. The van der Waals surface area contributed by atoms with Crippen molar-refractivity contribution in [2.24, 2.45) is 5.73 Å². The summed E-state index contributed by atoms with van der Waals surface area (Å²) in [5, 5.41) is 0. The number of aromatic amines is 1. The lowest BCUT2D eigenvalue weighted by Crippen LogP contribution is -2.31. The monoisotopic (exact) mass is 255 g/mol. The van der Waals surface area contributed by atoms with Crippen LogP contribution in [0.3, 0.4) is 0 Å². The Morgan fingerprint density at radius 3 is 2.35 bits per heavy atom. The molecule has 0 saturated carbocycles. The molecule has 6 heteroatoms. The molecule has 5 nitrogen and oxygen atoms in total. The van der Waals surface area contributed by atoms with Crippen LogP contribution in [0.4, 0.5) is 0 Å². The van der Waals surface area contributed by atoms with Crippen LogP contribution < -0.4 is 5.73 Å². The van der Waals surface area contributed by atoms with Crippen molar-refractivity contribution in [3.8, 4) is 0 Å². The van der Waals surface area contributed by atoms with Crippen molar-refractivity contribution in [3.63, 3.8) is 0 Å². The van der Waals surface area contributed by atoms with E-state index in [0.29, 0.717) is 5.69 Å². The molecule has 1 rings (SSSR count). The number of hydrogen-bond acceptors (Lipinski definition) is 3. The van der Waals surface area contributed by atoms with Crippen LogP contribution in [0.1, 0.15) is 5.69 Å². The molecular formula is C11H17N3O2S. The Bertz CT molecular complexity index is 481. The topological polar surface area (TPSA) is 79.2 Å². The number of hydrogen-bond donors (Lipinski definition) is 2. The molecule has 0 fully saturated rings. The van der Waals surface area contributed by atoms with E-state index in [1.165, 1.54) is 28.7 Å². The zero-order valence-electron chi connectivity index (χ0n) is 9.59. The molecule has 0 atom stereocenters. The minimum atomic E-state index is -3.51. The molecule has 1 aromatic heterocycles. The van der Waals surface area contributed by atoms with Gasteiger partial charge in [-0.2, -0.15) is 4.31 Å². The zero-order chi connectivity index (χ0) is 12.9. The van der Waals surface area contributed by atoms with Crippen molar-refractivity contribution >= 4 is 10.0 Å². The van der Waals surface area contributed by atoms with Crippen LogP contribution in [0.25, 0.3) is 0 Å². The maximum absolute atomic E-state index is 12.2. The van der Waals surface area contributed by atoms with Crippen molar-refractivity contribution in [1.29, 1.82) is 0 Å². The predicted octanol–water partition coefficient (Wildman–Crippen LogP) is 0.836. The number of H-pyrrole nitrogens is 1. The third kappa shape index (κ3) is 3.06. The second kappa shape index (κ2) is 5.81. The Morgan fingerprint density at radius 2 is 1.94 bits per heavy atom. The van der Waals surface area contributed by atoms with Gasteiger partial charge < -0.3 is 10.7 Å². The average Bonchev–Trinajstić information content (AvgIpc) is 2.78. The van der Waals surface area contributed by atoms with E-state index < -0.39 is 10.0 Å². The van der Waals surface area contributed by atoms with Gasteiger partial charge in [0.15, 0.2) is 0 Å². The second-order valence-electron chi connectivity index (χ2n) is 3.46. The van der Waals surface area contributed by atoms with Gasteiger partial charge in [0.25, 0.3) is 0 Å². The van der Waals surface area contributed by atoms with E-state index in [-0.39, 0.29) is 24.5 Å². The second-order valence-corrected chi connectivity index (χ2v) is 5.40. The van der Waals surface area contributed by atoms with Crippen LogP contribution in [0.2, 0.25) is 0 Å². The highest BCUT2D eigenvalue weighted by molar-refractivity contribution is 7.89. The largest absolute Gasteiger partial charge is 0.363 e. The molecule has 0 radical (unpaired) electrons. The summed E-state index contributed by atoms with van der Waals surface area (Å²) in [5.41, 5.74) is 6.11. The van der Waals surface area contributed by atoms with Gasteiger partial charge in [-0.15, -0.1) is 13.2 Å². The van der Waals surface area contributed by atoms with E-state index in [1.54, 1.807) is 0 Å². The van der Waals surface area contributed by atoms with E-state index in [2.05, 4.69) is 18.1 Å². The van der Waals surface area contributed by atoms with E-state index >= 15 is 0 Å². The van der Waals surface area contributed by atoms with E-state index in [0.717, 1.165) is 0 Å². The van der Waals surface area contributed by atoms with Gasteiger partial charge in [-0.25, -0.2) is 8.42 Å². The fourth-order valence-electron chi connectivity index (χ4n) is 1.39. The Kier molecular flexibility index (Phi) is 4.68. The minimum Gasteiger partial charge on any atom is -0.363 e. The molecule has 0 aliphatic carbocycles. The SMILES string of the molecule is C=CCN(CC=C)S(=O)(=O)c1c[nH]c(CN)c1. The molecular weight excluding hydrogens is 238 g/mol. The van der Waals surface area contributed by atoms with Crippen molar-refractivity contribution in [2.75, 3.05) is 13.1 Å². The quantitative estimate of drug-likeness (QED) is 0.708. The number of aromatic nitrogens is 1. The summed E-state index contributed by atoms with van der Waals surface area (Å²) in [6, 6.07) is 1.54. The molecule has 17 heavy (non-hydrogen) atoms. The van der Waals surface area contributed by atoms with Gasteiger partial charge in [-0.1, -0.05) is 12.2 Å². The first-order chi connectivity index (χ1) is 8.06.